The number of hydrogen-bond acceptors (Lipinski definition) is 6. The summed E-state index contributed by atoms with van der Waals surface area (Å²) in [6.45, 7) is 2.06. The first kappa shape index (κ1) is 20.9. The molecule has 2 heterocycles. The molecule has 0 aliphatic heterocycles. The molecule has 0 amide bonds. The minimum atomic E-state index is 0.121. The minimum absolute atomic E-state index is 0.121. The Bertz CT molecular complexity index is 1390. The van der Waals surface area contributed by atoms with Crippen molar-refractivity contribution in [3.05, 3.63) is 84.6 Å². The lowest BCUT2D eigenvalue weighted by Gasteiger charge is -2.14. The molecular formula is C26H22N4O2S. The van der Waals surface area contributed by atoms with Crippen LogP contribution in [0.3, 0.4) is 0 Å². The number of hydrogen-bond donors (Lipinski definition) is 1. The van der Waals surface area contributed by atoms with Gasteiger partial charge < -0.3 is 9.84 Å². The molecule has 0 radical (unpaired) electrons. The van der Waals surface area contributed by atoms with E-state index in [9.17, 15) is 5.11 Å². The van der Waals surface area contributed by atoms with E-state index in [1.807, 2.05) is 71.4 Å². The van der Waals surface area contributed by atoms with Gasteiger partial charge in [-0.15, -0.1) is 10.2 Å². The van der Waals surface area contributed by atoms with E-state index in [2.05, 4.69) is 22.2 Å². The van der Waals surface area contributed by atoms with Crippen molar-refractivity contribution in [2.75, 3.05) is 7.11 Å². The third-order valence-corrected chi connectivity index (χ3v) is 6.49. The van der Waals surface area contributed by atoms with Crippen molar-refractivity contribution in [2.45, 2.75) is 13.3 Å². The number of methoxy groups -OCH3 is 1. The van der Waals surface area contributed by atoms with Crippen molar-refractivity contribution in [1.82, 2.24) is 20.0 Å². The number of rotatable bonds is 6. The molecule has 1 N–H and O–H groups in total. The van der Waals surface area contributed by atoms with Gasteiger partial charge >= 0.3 is 0 Å². The Morgan fingerprint density at radius 3 is 2.30 bits per heavy atom. The summed E-state index contributed by atoms with van der Waals surface area (Å²) in [5.41, 5.74) is 5.13. The smallest absolute Gasteiger partial charge is 0.151 e. The molecule has 5 rings (SSSR count). The van der Waals surface area contributed by atoms with Crippen molar-refractivity contribution in [3.63, 3.8) is 0 Å². The topological polar surface area (TPSA) is 73.1 Å². The number of ether oxygens (including phenoxy) is 1. The van der Waals surface area contributed by atoms with Gasteiger partial charge in [0.15, 0.2) is 5.01 Å². The third-order valence-electron chi connectivity index (χ3n) is 5.48. The maximum Gasteiger partial charge on any atom is 0.151 e. The Labute approximate surface area is 195 Å². The highest BCUT2D eigenvalue weighted by atomic mass is 32.1. The molecule has 33 heavy (non-hydrogen) atoms. The average molecular weight is 455 g/mol. The summed E-state index contributed by atoms with van der Waals surface area (Å²) in [6, 6.07) is 23.5. The minimum Gasteiger partial charge on any atom is -0.507 e. The summed E-state index contributed by atoms with van der Waals surface area (Å²) in [5, 5.41) is 26.1. The molecule has 0 aliphatic carbocycles. The Morgan fingerprint density at radius 1 is 0.909 bits per heavy atom. The van der Waals surface area contributed by atoms with Crippen LogP contribution in [0.4, 0.5) is 0 Å². The number of para-hydroxylation sites is 1. The van der Waals surface area contributed by atoms with E-state index in [4.69, 9.17) is 4.74 Å². The maximum atomic E-state index is 11.0. The van der Waals surface area contributed by atoms with Gasteiger partial charge in [0.25, 0.3) is 0 Å². The highest BCUT2D eigenvalue weighted by Gasteiger charge is 2.23. The molecule has 0 bridgehead atoms. The quantitative estimate of drug-likeness (QED) is 0.341. The number of nitrogens with zero attached hydrogens (tertiary/aromatic N) is 4. The molecule has 0 fully saturated rings. The molecule has 0 saturated carbocycles. The van der Waals surface area contributed by atoms with Crippen LogP contribution in [-0.4, -0.2) is 32.2 Å². The second kappa shape index (κ2) is 8.88. The molecule has 0 saturated heterocycles. The van der Waals surface area contributed by atoms with Crippen molar-refractivity contribution < 1.29 is 9.84 Å². The van der Waals surface area contributed by atoms with Crippen molar-refractivity contribution in [3.8, 4) is 49.6 Å². The van der Waals surface area contributed by atoms with Crippen LogP contribution in [0.15, 0.2) is 79.0 Å². The molecular weight excluding hydrogens is 432 g/mol. The number of phenolic OH excluding ortho intramolecular Hbond substituents is 1. The fourth-order valence-corrected chi connectivity index (χ4v) is 4.69. The zero-order valence-corrected chi connectivity index (χ0v) is 19.1. The van der Waals surface area contributed by atoms with Gasteiger partial charge in [0.2, 0.25) is 0 Å². The Balaban J connectivity index is 1.72. The number of aromatic hydroxyl groups is 1. The van der Waals surface area contributed by atoms with Gasteiger partial charge in [-0.05, 0) is 30.2 Å². The van der Waals surface area contributed by atoms with Crippen LogP contribution in [0.2, 0.25) is 0 Å². The maximum absolute atomic E-state index is 11.0. The molecule has 0 aliphatic rings. The van der Waals surface area contributed by atoms with E-state index in [0.717, 1.165) is 44.5 Å². The number of benzene rings is 3. The van der Waals surface area contributed by atoms with Gasteiger partial charge in [-0.2, -0.15) is 5.10 Å². The first-order chi connectivity index (χ1) is 16.2. The van der Waals surface area contributed by atoms with Crippen LogP contribution in [-0.2, 0) is 6.42 Å². The molecule has 164 valence electrons. The highest BCUT2D eigenvalue weighted by Crippen LogP contribution is 2.42. The molecule has 2 aromatic heterocycles. The monoisotopic (exact) mass is 454 g/mol. The lowest BCUT2D eigenvalue weighted by molar-refractivity contribution is 0.403. The van der Waals surface area contributed by atoms with E-state index in [1.54, 1.807) is 19.4 Å². The normalized spacial score (nSPS) is 11.0. The van der Waals surface area contributed by atoms with Crippen molar-refractivity contribution in [1.29, 1.82) is 0 Å². The van der Waals surface area contributed by atoms with Crippen LogP contribution in [0, 0.1) is 0 Å². The van der Waals surface area contributed by atoms with Crippen LogP contribution in [0.5, 0.6) is 11.5 Å². The standard InChI is InChI=1S/C26H22N4O2S/c1-3-17-14-20(22(31)15-23(17)32-2)24-21(16-27-30(24)19-12-8-5-9-13-19)26-29-28-25(33-26)18-10-6-4-7-11-18/h4-16,31H,3H2,1-2H3. The summed E-state index contributed by atoms with van der Waals surface area (Å²) >= 11 is 1.50. The summed E-state index contributed by atoms with van der Waals surface area (Å²) in [7, 11) is 1.61. The largest absolute Gasteiger partial charge is 0.507 e. The van der Waals surface area contributed by atoms with E-state index < -0.39 is 0 Å². The van der Waals surface area contributed by atoms with Crippen molar-refractivity contribution in [2.24, 2.45) is 0 Å². The van der Waals surface area contributed by atoms with Gasteiger partial charge in [-0.1, -0.05) is 66.8 Å². The molecule has 7 heteroatoms. The third kappa shape index (κ3) is 3.87. The first-order valence-electron chi connectivity index (χ1n) is 10.6. The lowest BCUT2D eigenvalue weighted by atomic mass is 10.0. The van der Waals surface area contributed by atoms with Gasteiger partial charge in [-0.25, -0.2) is 4.68 Å². The molecule has 3 aromatic carbocycles. The SMILES string of the molecule is CCc1cc(-c2c(-c3nnc(-c4ccccc4)s3)cnn2-c2ccccc2)c(O)cc1OC. The summed E-state index contributed by atoms with van der Waals surface area (Å²) < 4.78 is 7.30. The first-order valence-corrected chi connectivity index (χ1v) is 11.4. The number of aryl methyl sites for hydroxylation is 1. The van der Waals surface area contributed by atoms with Crippen LogP contribution in [0.25, 0.3) is 38.1 Å². The van der Waals surface area contributed by atoms with Gasteiger partial charge in [-0.3, -0.25) is 0 Å². The number of phenols is 1. The molecule has 5 aromatic rings. The van der Waals surface area contributed by atoms with E-state index in [0.29, 0.717) is 11.3 Å². The summed E-state index contributed by atoms with van der Waals surface area (Å²) in [4.78, 5) is 0. The fourth-order valence-electron chi connectivity index (χ4n) is 3.83. The summed E-state index contributed by atoms with van der Waals surface area (Å²) in [6.07, 6.45) is 2.55. The highest BCUT2D eigenvalue weighted by molar-refractivity contribution is 7.18. The Morgan fingerprint density at radius 2 is 1.61 bits per heavy atom. The average Bonchev–Trinajstić information content (AvgIpc) is 3.52. The molecule has 0 spiro atoms. The van der Waals surface area contributed by atoms with Crippen LogP contribution >= 0.6 is 11.3 Å². The second-order valence-electron chi connectivity index (χ2n) is 7.47. The zero-order chi connectivity index (χ0) is 22.8. The second-order valence-corrected chi connectivity index (χ2v) is 8.44. The van der Waals surface area contributed by atoms with E-state index in [1.165, 1.54) is 11.3 Å². The molecule has 0 atom stereocenters. The predicted molar refractivity (Wildman–Crippen MR) is 131 cm³/mol. The Hall–Kier alpha value is -3.97. The Kier molecular flexibility index (Phi) is 5.62. The van der Waals surface area contributed by atoms with Crippen molar-refractivity contribution >= 4 is 11.3 Å². The molecule has 6 nitrogen and oxygen atoms in total. The lowest BCUT2D eigenvalue weighted by Crippen LogP contribution is -2.00. The van der Waals surface area contributed by atoms with E-state index >= 15 is 0 Å². The van der Waals surface area contributed by atoms with Gasteiger partial charge in [0, 0.05) is 17.2 Å². The van der Waals surface area contributed by atoms with Crippen LogP contribution in [0.1, 0.15) is 12.5 Å². The number of aromatic nitrogens is 4. The van der Waals surface area contributed by atoms with Gasteiger partial charge in [0.1, 0.15) is 16.5 Å². The van der Waals surface area contributed by atoms with Crippen LogP contribution < -0.4 is 4.74 Å². The molecule has 0 unspecified atom stereocenters. The zero-order valence-electron chi connectivity index (χ0n) is 18.3. The van der Waals surface area contributed by atoms with Gasteiger partial charge in [0.05, 0.1) is 30.3 Å². The fraction of sp³-hybridized carbons (Fsp3) is 0.115. The predicted octanol–water partition coefficient (Wildman–Crippen LogP) is 6.00. The van der Waals surface area contributed by atoms with E-state index in [-0.39, 0.29) is 5.75 Å². The summed E-state index contributed by atoms with van der Waals surface area (Å²) in [5.74, 6) is 0.782.